The largest absolute Gasteiger partial charge is 0.313 e. The van der Waals surface area contributed by atoms with Crippen LogP contribution in [-0.4, -0.2) is 32.4 Å². The van der Waals surface area contributed by atoms with Crippen molar-refractivity contribution in [1.82, 2.24) is 9.62 Å². The van der Waals surface area contributed by atoms with E-state index in [2.05, 4.69) is 5.32 Å². The number of nitrogens with one attached hydrogen (secondary N) is 1. The van der Waals surface area contributed by atoms with Gasteiger partial charge in [-0.3, -0.25) is 0 Å². The van der Waals surface area contributed by atoms with Crippen molar-refractivity contribution in [3.63, 3.8) is 0 Å². The van der Waals surface area contributed by atoms with Gasteiger partial charge < -0.3 is 5.32 Å². The van der Waals surface area contributed by atoms with Gasteiger partial charge in [0.25, 0.3) is 0 Å². The van der Waals surface area contributed by atoms with E-state index >= 15 is 0 Å². The smallest absolute Gasteiger partial charge is 0.244 e. The molecule has 0 aliphatic heterocycles. The van der Waals surface area contributed by atoms with Gasteiger partial charge in [0.1, 0.15) is 4.90 Å². The van der Waals surface area contributed by atoms with E-state index in [-0.39, 0.29) is 10.9 Å². The lowest BCUT2D eigenvalue weighted by Gasteiger charge is -2.24. The van der Waals surface area contributed by atoms with E-state index in [4.69, 9.17) is 11.6 Å². The molecule has 6 heteroatoms. The van der Waals surface area contributed by atoms with Gasteiger partial charge >= 0.3 is 0 Å². The Morgan fingerprint density at radius 1 is 1.33 bits per heavy atom. The van der Waals surface area contributed by atoms with Crippen molar-refractivity contribution in [3.05, 3.63) is 28.8 Å². The molecule has 1 aliphatic rings. The second-order valence-corrected chi connectivity index (χ2v) is 7.88. The van der Waals surface area contributed by atoms with E-state index in [0.29, 0.717) is 11.6 Å². The van der Waals surface area contributed by atoms with Crippen molar-refractivity contribution >= 4 is 21.6 Å². The Hall–Kier alpha value is -0.620. The van der Waals surface area contributed by atoms with E-state index in [1.165, 1.54) is 4.31 Å². The highest BCUT2D eigenvalue weighted by Crippen LogP contribution is 2.30. The molecule has 0 unspecified atom stereocenters. The maximum atomic E-state index is 12.8. The van der Waals surface area contributed by atoms with E-state index in [0.717, 1.165) is 37.8 Å². The van der Waals surface area contributed by atoms with Gasteiger partial charge in [-0.05, 0) is 37.1 Å². The van der Waals surface area contributed by atoms with Crippen molar-refractivity contribution in [1.29, 1.82) is 0 Å². The zero-order valence-corrected chi connectivity index (χ0v) is 14.2. The van der Waals surface area contributed by atoms with Gasteiger partial charge in [0.05, 0.1) is 5.02 Å². The summed E-state index contributed by atoms with van der Waals surface area (Å²) in [7, 11) is -1.86. The van der Waals surface area contributed by atoms with Crippen LogP contribution in [0.1, 0.15) is 38.2 Å². The molecule has 0 heterocycles. The second-order valence-electron chi connectivity index (χ2n) is 5.50. The summed E-state index contributed by atoms with van der Waals surface area (Å²) in [5.74, 6) is 0. The first kappa shape index (κ1) is 16.7. The predicted molar refractivity (Wildman–Crippen MR) is 86.0 cm³/mol. The summed E-state index contributed by atoms with van der Waals surface area (Å²) >= 11 is 6.14. The lowest BCUT2D eigenvalue weighted by Crippen LogP contribution is -2.35. The minimum absolute atomic E-state index is 0.100. The van der Waals surface area contributed by atoms with Crippen LogP contribution in [0.2, 0.25) is 5.02 Å². The highest BCUT2D eigenvalue weighted by molar-refractivity contribution is 7.89. The van der Waals surface area contributed by atoms with Crippen molar-refractivity contribution < 1.29 is 8.42 Å². The first-order chi connectivity index (χ1) is 9.96. The molecule has 21 heavy (non-hydrogen) atoms. The fourth-order valence-corrected chi connectivity index (χ4v) is 4.68. The molecule has 118 valence electrons. The molecule has 0 amide bonds. The van der Waals surface area contributed by atoms with Crippen molar-refractivity contribution in [2.24, 2.45) is 0 Å². The lowest BCUT2D eigenvalue weighted by molar-refractivity contribution is 0.373. The number of sulfonamides is 1. The number of hydrogen-bond acceptors (Lipinski definition) is 3. The fourth-order valence-electron chi connectivity index (χ4n) is 2.74. The lowest BCUT2D eigenvalue weighted by atomic mass is 10.2. The van der Waals surface area contributed by atoms with Gasteiger partial charge in [0, 0.05) is 19.6 Å². The molecule has 4 nitrogen and oxygen atoms in total. The topological polar surface area (TPSA) is 49.4 Å². The van der Waals surface area contributed by atoms with Crippen LogP contribution in [0.3, 0.4) is 0 Å². The number of halogens is 1. The Morgan fingerprint density at radius 2 is 2.00 bits per heavy atom. The maximum absolute atomic E-state index is 12.8. The van der Waals surface area contributed by atoms with Gasteiger partial charge in [-0.15, -0.1) is 0 Å². The van der Waals surface area contributed by atoms with Crippen molar-refractivity contribution in [2.45, 2.75) is 50.1 Å². The Balaban J connectivity index is 2.29. The molecule has 0 spiro atoms. The Morgan fingerprint density at radius 3 is 2.62 bits per heavy atom. The van der Waals surface area contributed by atoms with Crippen molar-refractivity contribution in [3.8, 4) is 0 Å². The fraction of sp³-hybridized carbons (Fsp3) is 0.600. The van der Waals surface area contributed by atoms with Gasteiger partial charge in [-0.25, -0.2) is 8.42 Å². The summed E-state index contributed by atoms with van der Waals surface area (Å²) in [6.07, 6.45) is 4.06. The van der Waals surface area contributed by atoms with Gasteiger partial charge in [0.2, 0.25) is 10.0 Å². The van der Waals surface area contributed by atoms with Crippen LogP contribution in [0.25, 0.3) is 0 Å². The molecule has 0 atom stereocenters. The molecule has 1 fully saturated rings. The van der Waals surface area contributed by atoms with E-state index in [1.807, 2.05) is 13.0 Å². The summed E-state index contributed by atoms with van der Waals surface area (Å²) in [6.45, 7) is 3.50. The van der Waals surface area contributed by atoms with E-state index in [1.54, 1.807) is 19.2 Å². The monoisotopic (exact) mass is 330 g/mol. The Kier molecular flexibility index (Phi) is 5.66. The molecule has 1 saturated carbocycles. The molecular formula is C15H23ClN2O2S. The van der Waals surface area contributed by atoms with E-state index < -0.39 is 10.0 Å². The summed E-state index contributed by atoms with van der Waals surface area (Å²) in [4.78, 5) is 0.217. The normalized spacial score (nSPS) is 16.8. The molecule has 0 saturated heterocycles. The van der Waals surface area contributed by atoms with Crippen molar-refractivity contribution in [2.75, 3.05) is 13.6 Å². The SMILES string of the molecule is CCNCc1ccc(Cl)c(S(=O)(=O)N(C)C2CCCC2)c1. The zero-order valence-electron chi connectivity index (χ0n) is 12.6. The number of rotatable bonds is 6. The average Bonchev–Trinajstić information content (AvgIpc) is 2.99. The van der Waals surface area contributed by atoms with Crippen LogP contribution >= 0.6 is 11.6 Å². The van der Waals surface area contributed by atoms with E-state index in [9.17, 15) is 8.42 Å². The summed E-state index contributed by atoms with van der Waals surface area (Å²) in [6, 6.07) is 5.32. The summed E-state index contributed by atoms with van der Waals surface area (Å²) in [5, 5.41) is 3.49. The highest BCUT2D eigenvalue weighted by Gasteiger charge is 2.31. The van der Waals surface area contributed by atoms with Crippen LogP contribution in [0, 0.1) is 0 Å². The zero-order chi connectivity index (χ0) is 15.5. The van der Waals surface area contributed by atoms with Gasteiger partial charge in [-0.1, -0.05) is 37.4 Å². The van der Waals surface area contributed by atoms with Gasteiger partial charge in [-0.2, -0.15) is 4.31 Å². The third kappa shape index (κ3) is 3.77. The number of benzene rings is 1. The molecular weight excluding hydrogens is 308 g/mol. The summed E-state index contributed by atoms with van der Waals surface area (Å²) < 4.78 is 27.1. The number of nitrogens with zero attached hydrogens (tertiary/aromatic N) is 1. The van der Waals surface area contributed by atoms with Crippen LogP contribution in [-0.2, 0) is 16.6 Å². The third-order valence-corrected chi connectivity index (χ3v) is 6.46. The molecule has 1 aromatic rings. The molecule has 0 bridgehead atoms. The maximum Gasteiger partial charge on any atom is 0.244 e. The third-order valence-electron chi connectivity index (χ3n) is 4.07. The van der Waals surface area contributed by atoms with Crippen LogP contribution in [0.5, 0.6) is 0 Å². The van der Waals surface area contributed by atoms with Gasteiger partial charge in [0.15, 0.2) is 0 Å². The molecule has 0 aromatic heterocycles. The molecule has 0 radical (unpaired) electrons. The van der Waals surface area contributed by atoms with Crippen LogP contribution in [0.15, 0.2) is 23.1 Å². The molecule has 1 aliphatic carbocycles. The number of hydrogen-bond donors (Lipinski definition) is 1. The predicted octanol–water partition coefficient (Wildman–Crippen LogP) is 3.01. The molecule has 1 aromatic carbocycles. The minimum atomic E-state index is -3.53. The second kappa shape index (κ2) is 7.09. The minimum Gasteiger partial charge on any atom is -0.313 e. The quantitative estimate of drug-likeness (QED) is 0.872. The Bertz CT molecular complexity index is 583. The molecule has 1 N–H and O–H groups in total. The van der Waals surface area contributed by atoms with Crippen LogP contribution in [0.4, 0.5) is 0 Å². The standard InChI is InChI=1S/C15H23ClN2O2S/c1-3-17-11-12-8-9-14(16)15(10-12)21(19,20)18(2)13-6-4-5-7-13/h8-10,13,17H,3-7,11H2,1-2H3. The first-order valence-electron chi connectivity index (χ1n) is 7.44. The summed E-state index contributed by atoms with van der Waals surface area (Å²) in [5.41, 5.74) is 0.930. The average molecular weight is 331 g/mol. The molecule has 2 rings (SSSR count). The highest BCUT2D eigenvalue weighted by atomic mass is 35.5. The first-order valence-corrected chi connectivity index (χ1v) is 9.25. The van der Waals surface area contributed by atoms with Crippen LogP contribution < -0.4 is 5.32 Å². The Labute approximate surface area is 132 Å².